The number of hydrogen-bond donors (Lipinski definition) is 2. The zero-order valence-corrected chi connectivity index (χ0v) is 24.8. The van der Waals surface area contributed by atoms with Gasteiger partial charge < -0.3 is 25.2 Å². The summed E-state index contributed by atoms with van der Waals surface area (Å²) >= 11 is 6.36. The number of sulfone groups is 1. The number of methoxy groups -OCH3 is 1. The van der Waals surface area contributed by atoms with Crippen LogP contribution in [0, 0.1) is 0 Å². The summed E-state index contributed by atoms with van der Waals surface area (Å²) in [4.78, 5) is 27.4. The van der Waals surface area contributed by atoms with Gasteiger partial charge in [-0.05, 0) is 52.2 Å². The number of likely N-dealkylation sites (N-methyl/N-ethyl adjacent to an activating group) is 1. The number of hydrogen-bond acceptors (Lipinski definition) is 9. The molecule has 0 spiro atoms. The maximum Gasteiger partial charge on any atom is 0.324 e. The van der Waals surface area contributed by atoms with Crippen molar-refractivity contribution in [2.45, 2.75) is 24.0 Å². The van der Waals surface area contributed by atoms with Gasteiger partial charge >= 0.3 is 6.03 Å². The molecule has 2 heterocycles. The lowest BCUT2D eigenvalue weighted by atomic mass is 10.2. The van der Waals surface area contributed by atoms with Crippen molar-refractivity contribution in [3.63, 3.8) is 0 Å². The Morgan fingerprint density at radius 2 is 1.85 bits per heavy atom. The van der Waals surface area contributed by atoms with E-state index >= 15 is 0 Å². The number of anilines is 5. The van der Waals surface area contributed by atoms with Gasteiger partial charge in [0.2, 0.25) is 5.95 Å². The molecular weight excluding hydrogens is 554 g/mol. The van der Waals surface area contributed by atoms with E-state index in [4.69, 9.17) is 16.3 Å². The standard InChI is InChI=1S/C27H34ClN7O4S/c1-18(2)40(37,38)24-9-7-6-8-22(24)30-25-20(28)17-29-26(32-25)31-21-11-10-19(16-23(21)39-5)35-15-14-34(27(35)36)13-12-33(3)4/h6-11,16-18H,12-15H2,1-5H3,(H2,29,30,31,32). The number of nitrogens with zero attached hydrogens (tertiary/aromatic N) is 5. The molecule has 1 aliphatic rings. The Morgan fingerprint density at radius 1 is 1.10 bits per heavy atom. The molecule has 1 fully saturated rings. The first-order valence-corrected chi connectivity index (χ1v) is 14.7. The van der Waals surface area contributed by atoms with Crippen molar-refractivity contribution in [1.82, 2.24) is 19.8 Å². The number of halogens is 1. The Morgan fingerprint density at radius 3 is 2.55 bits per heavy atom. The van der Waals surface area contributed by atoms with Crippen LogP contribution < -0.4 is 20.3 Å². The maximum absolute atomic E-state index is 12.9. The molecule has 214 valence electrons. The number of benzene rings is 2. The number of para-hydroxylation sites is 1. The molecule has 2 amide bonds. The second kappa shape index (κ2) is 12.3. The number of aromatic nitrogens is 2. The van der Waals surface area contributed by atoms with E-state index in [1.54, 1.807) is 62.3 Å². The van der Waals surface area contributed by atoms with Crippen molar-refractivity contribution in [3.05, 3.63) is 53.7 Å². The second-order valence-electron chi connectivity index (χ2n) is 9.84. The normalized spacial score (nSPS) is 13.8. The molecule has 0 aliphatic carbocycles. The highest BCUT2D eigenvalue weighted by molar-refractivity contribution is 7.92. The number of rotatable bonds is 11. The average Bonchev–Trinajstić information content (AvgIpc) is 3.29. The van der Waals surface area contributed by atoms with Crippen LogP contribution >= 0.6 is 11.6 Å². The van der Waals surface area contributed by atoms with Gasteiger partial charge in [0.1, 0.15) is 10.8 Å². The van der Waals surface area contributed by atoms with Gasteiger partial charge in [-0.25, -0.2) is 18.2 Å². The van der Waals surface area contributed by atoms with E-state index < -0.39 is 15.1 Å². The maximum atomic E-state index is 12.9. The quantitative estimate of drug-likeness (QED) is 0.331. The molecule has 0 saturated carbocycles. The van der Waals surface area contributed by atoms with E-state index in [1.807, 2.05) is 30.0 Å². The highest BCUT2D eigenvalue weighted by Gasteiger charge is 2.30. The predicted molar refractivity (Wildman–Crippen MR) is 158 cm³/mol. The van der Waals surface area contributed by atoms with Crippen molar-refractivity contribution < 1.29 is 17.9 Å². The Labute approximate surface area is 240 Å². The fourth-order valence-corrected chi connectivity index (χ4v) is 5.48. The van der Waals surface area contributed by atoms with Crippen LogP contribution in [0.25, 0.3) is 0 Å². The fraction of sp³-hybridized carbons (Fsp3) is 0.370. The highest BCUT2D eigenvalue weighted by Crippen LogP contribution is 2.34. The van der Waals surface area contributed by atoms with Crippen LogP contribution in [0.5, 0.6) is 5.75 Å². The molecule has 40 heavy (non-hydrogen) atoms. The van der Waals surface area contributed by atoms with E-state index in [0.29, 0.717) is 36.8 Å². The molecular formula is C27H34ClN7O4S. The molecule has 1 saturated heterocycles. The zero-order chi connectivity index (χ0) is 29.0. The molecule has 0 bridgehead atoms. The fourth-order valence-electron chi connectivity index (χ4n) is 4.14. The minimum absolute atomic E-state index is 0.0406. The van der Waals surface area contributed by atoms with Crippen LogP contribution in [0.3, 0.4) is 0 Å². The summed E-state index contributed by atoms with van der Waals surface area (Å²) in [6.45, 7) is 5.97. The molecule has 0 unspecified atom stereocenters. The summed E-state index contributed by atoms with van der Waals surface area (Å²) in [5, 5.41) is 5.79. The summed E-state index contributed by atoms with van der Waals surface area (Å²) in [6, 6.07) is 12.0. The Bertz CT molecular complexity index is 1480. The van der Waals surface area contributed by atoms with Crippen molar-refractivity contribution in [2.75, 3.05) is 62.9 Å². The minimum Gasteiger partial charge on any atom is -0.494 e. The lowest BCUT2D eigenvalue weighted by Gasteiger charge is -2.21. The summed E-state index contributed by atoms with van der Waals surface area (Å²) in [5.41, 5.74) is 1.67. The highest BCUT2D eigenvalue weighted by atomic mass is 35.5. The summed E-state index contributed by atoms with van der Waals surface area (Å²) in [7, 11) is 1.96. The van der Waals surface area contributed by atoms with Gasteiger partial charge in [-0.3, -0.25) is 4.90 Å². The third kappa shape index (κ3) is 6.40. The predicted octanol–water partition coefficient (Wildman–Crippen LogP) is 4.61. The largest absolute Gasteiger partial charge is 0.494 e. The first-order chi connectivity index (χ1) is 19.0. The van der Waals surface area contributed by atoms with Gasteiger partial charge in [-0.15, -0.1) is 0 Å². The van der Waals surface area contributed by atoms with Crippen molar-refractivity contribution in [2.24, 2.45) is 0 Å². The molecule has 13 heteroatoms. The van der Waals surface area contributed by atoms with Gasteiger partial charge in [-0.2, -0.15) is 4.98 Å². The van der Waals surface area contributed by atoms with Gasteiger partial charge in [0.15, 0.2) is 15.7 Å². The third-order valence-corrected chi connectivity index (χ3v) is 8.95. The van der Waals surface area contributed by atoms with Gasteiger partial charge in [-0.1, -0.05) is 23.7 Å². The van der Waals surface area contributed by atoms with E-state index in [-0.39, 0.29) is 27.7 Å². The molecule has 4 rings (SSSR count). The molecule has 1 aromatic heterocycles. The van der Waals surface area contributed by atoms with Crippen LogP contribution in [0.4, 0.5) is 33.6 Å². The summed E-state index contributed by atoms with van der Waals surface area (Å²) in [5.74, 6) is 0.953. The molecule has 0 atom stereocenters. The first-order valence-electron chi connectivity index (χ1n) is 12.8. The summed E-state index contributed by atoms with van der Waals surface area (Å²) < 4.78 is 31.3. The van der Waals surface area contributed by atoms with Crippen molar-refractivity contribution >= 4 is 56.3 Å². The van der Waals surface area contributed by atoms with Crippen LogP contribution in [0.15, 0.2) is 53.6 Å². The van der Waals surface area contributed by atoms with E-state index in [0.717, 1.165) is 12.2 Å². The van der Waals surface area contributed by atoms with Crippen LogP contribution in [0.2, 0.25) is 5.02 Å². The molecule has 1 aliphatic heterocycles. The number of ether oxygens (including phenoxy) is 1. The smallest absolute Gasteiger partial charge is 0.324 e. The van der Waals surface area contributed by atoms with Gasteiger partial charge in [0, 0.05) is 37.9 Å². The van der Waals surface area contributed by atoms with E-state index in [1.165, 1.54) is 6.20 Å². The van der Waals surface area contributed by atoms with Gasteiger partial charge in [0.25, 0.3) is 0 Å². The zero-order valence-electron chi connectivity index (χ0n) is 23.2. The number of carbonyl (C=O) groups excluding carboxylic acids is 1. The molecule has 3 aromatic rings. The SMILES string of the molecule is COc1cc(N2CCN(CCN(C)C)C2=O)ccc1Nc1ncc(Cl)c(Nc2ccccc2S(=O)(=O)C(C)C)n1. The van der Waals surface area contributed by atoms with Crippen LogP contribution in [0.1, 0.15) is 13.8 Å². The van der Waals surface area contributed by atoms with Crippen LogP contribution in [-0.2, 0) is 9.84 Å². The Kier molecular flexibility index (Phi) is 9.02. The van der Waals surface area contributed by atoms with Crippen LogP contribution in [-0.4, -0.2) is 86.9 Å². The molecule has 0 radical (unpaired) electrons. The van der Waals surface area contributed by atoms with E-state index in [9.17, 15) is 13.2 Å². The van der Waals surface area contributed by atoms with Crippen molar-refractivity contribution in [1.29, 1.82) is 0 Å². The summed E-state index contributed by atoms with van der Waals surface area (Å²) in [6.07, 6.45) is 1.42. The van der Waals surface area contributed by atoms with E-state index in [2.05, 4.69) is 20.6 Å². The molecule has 11 nitrogen and oxygen atoms in total. The number of amides is 2. The first kappa shape index (κ1) is 29.4. The lowest BCUT2D eigenvalue weighted by Crippen LogP contribution is -2.36. The molecule has 2 aromatic carbocycles. The molecule has 2 N–H and O–H groups in total. The Balaban J connectivity index is 1.55. The lowest BCUT2D eigenvalue weighted by molar-refractivity contribution is 0.215. The second-order valence-corrected chi connectivity index (χ2v) is 12.7. The van der Waals surface area contributed by atoms with Gasteiger partial charge in [0.05, 0.1) is 34.8 Å². The number of nitrogens with one attached hydrogen (secondary N) is 2. The van der Waals surface area contributed by atoms with Crippen molar-refractivity contribution in [3.8, 4) is 5.75 Å². The Hall–Kier alpha value is -3.61. The number of urea groups is 1. The topological polar surface area (TPSA) is 120 Å². The monoisotopic (exact) mass is 587 g/mol. The third-order valence-electron chi connectivity index (χ3n) is 6.47. The minimum atomic E-state index is -3.55. The average molecular weight is 588 g/mol. The number of carbonyl (C=O) groups is 1.